The van der Waals surface area contributed by atoms with Crippen LogP contribution in [0, 0.1) is 0 Å². The summed E-state index contributed by atoms with van der Waals surface area (Å²) in [6, 6.07) is 0. The summed E-state index contributed by atoms with van der Waals surface area (Å²) in [4.78, 5) is 11.5. The fourth-order valence-electron chi connectivity index (χ4n) is 1.15. The van der Waals surface area contributed by atoms with Gasteiger partial charge in [0.25, 0.3) is 5.91 Å². The maximum atomic E-state index is 11.5. The van der Waals surface area contributed by atoms with Gasteiger partial charge in [0.15, 0.2) is 0 Å². The van der Waals surface area contributed by atoms with Crippen LogP contribution in [-0.2, 0) is 4.79 Å². The van der Waals surface area contributed by atoms with Gasteiger partial charge in [0.1, 0.15) is 0 Å². The summed E-state index contributed by atoms with van der Waals surface area (Å²) in [5.74, 6) is -0.0469. The molecule has 0 aliphatic rings. The normalized spacial score (nSPS) is 10.3. The molecule has 0 heterocycles. The van der Waals surface area contributed by atoms with Crippen molar-refractivity contribution in [3.8, 4) is 0 Å². The van der Waals surface area contributed by atoms with E-state index >= 15 is 0 Å². The highest BCUT2D eigenvalue weighted by Crippen LogP contribution is 1.97. The zero-order valence-corrected chi connectivity index (χ0v) is 9.60. The van der Waals surface area contributed by atoms with E-state index in [0.717, 1.165) is 25.9 Å². The molecule has 14 heavy (non-hydrogen) atoms. The van der Waals surface area contributed by atoms with Crippen LogP contribution in [0.3, 0.4) is 0 Å². The van der Waals surface area contributed by atoms with E-state index in [1.165, 1.54) is 0 Å². The molecule has 0 fully saturated rings. The van der Waals surface area contributed by atoms with Crippen LogP contribution in [0.5, 0.6) is 0 Å². The predicted octanol–water partition coefficient (Wildman–Crippen LogP) is 2.11. The van der Waals surface area contributed by atoms with Gasteiger partial charge in [-0.05, 0) is 19.3 Å². The second-order valence-corrected chi connectivity index (χ2v) is 3.39. The van der Waals surface area contributed by atoms with Crippen molar-refractivity contribution in [3.63, 3.8) is 0 Å². The van der Waals surface area contributed by atoms with E-state index in [9.17, 15) is 4.79 Å². The van der Waals surface area contributed by atoms with Crippen molar-refractivity contribution in [2.24, 2.45) is 0 Å². The van der Waals surface area contributed by atoms with Crippen LogP contribution in [0.1, 0.15) is 40.0 Å². The summed E-state index contributed by atoms with van der Waals surface area (Å²) in [6.07, 6.45) is 2.79. The van der Waals surface area contributed by atoms with Crippen molar-refractivity contribution in [2.45, 2.75) is 40.0 Å². The SMILES string of the molecule is C=C(CC)C(=O)NN(CCC)CCC. The standard InChI is InChI=1S/C11H22N2O/c1-5-8-13(9-6-2)12-11(14)10(4)7-3/h4-9H2,1-3H3,(H,12,14). The van der Waals surface area contributed by atoms with Crippen LogP contribution in [0.25, 0.3) is 0 Å². The quantitative estimate of drug-likeness (QED) is 0.502. The van der Waals surface area contributed by atoms with Gasteiger partial charge in [-0.3, -0.25) is 10.2 Å². The summed E-state index contributed by atoms with van der Waals surface area (Å²) >= 11 is 0. The molecule has 1 N–H and O–H groups in total. The summed E-state index contributed by atoms with van der Waals surface area (Å²) in [5.41, 5.74) is 3.51. The largest absolute Gasteiger partial charge is 0.285 e. The van der Waals surface area contributed by atoms with E-state index in [2.05, 4.69) is 25.9 Å². The number of hydrogen-bond acceptors (Lipinski definition) is 2. The van der Waals surface area contributed by atoms with E-state index < -0.39 is 0 Å². The topological polar surface area (TPSA) is 32.3 Å². The molecule has 3 heteroatoms. The number of nitrogens with zero attached hydrogens (tertiary/aromatic N) is 1. The molecular weight excluding hydrogens is 176 g/mol. The van der Waals surface area contributed by atoms with Crippen LogP contribution < -0.4 is 5.43 Å². The Hall–Kier alpha value is -0.830. The Morgan fingerprint density at radius 3 is 2.07 bits per heavy atom. The lowest BCUT2D eigenvalue weighted by atomic mass is 10.2. The Kier molecular flexibility index (Phi) is 7.11. The van der Waals surface area contributed by atoms with Gasteiger partial charge in [0, 0.05) is 18.7 Å². The summed E-state index contributed by atoms with van der Waals surface area (Å²) < 4.78 is 0. The zero-order chi connectivity index (χ0) is 11.0. The molecule has 0 unspecified atom stereocenters. The predicted molar refractivity (Wildman–Crippen MR) is 59.7 cm³/mol. The molecule has 0 spiro atoms. The van der Waals surface area contributed by atoms with Crippen molar-refractivity contribution in [3.05, 3.63) is 12.2 Å². The lowest BCUT2D eigenvalue weighted by molar-refractivity contribution is -0.122. The first-order valence-corrected chi connectivity index (χ1v) is 5.39. The maximum Gasteiger partial charge on any atom is 0.260 e. The van der Waals surface area contributed by atoms with E-state index in [0.29, 0.717) is 12.0 Å². The van der Waals surface area contributed by atoms with E-state index in [-0.39, 0.29) is 5.91 Å². The van der Waals surface area contributed by atoms with Gasteiger partial charge in [-0.15, -0.1) is 0 Å². The maximum absolute atomic E-state index is 11.5. The number of amides is 1. The molecule has 0 rings (SSSR count). The van der Waals surface area contributed by atoms with E-state index in [4.69, 9.17) is 0 Å². The second kappa shape index (κ2) is 7.56. The molecule has 0 saturated heterocycles. The second-order valence-electron chi connectivity index (χ2n) is 3.39. The molecule has 0 bridgehead atoms. The van der Waals surface area contributed by atoms with Gasteiger partial charge in [0.05, 0.1) is 0 Å². The molecule has 1 amide bonds. The Bertz CT molecular complexity index is 184. The third-order valence-electron chi connectivity index (χ3n) is 1.99. The zero-order valence-electron chi connectivity index (χ0n) is 9.60. The number of nitrogens with one attached hydrogen (secondary N) is 1. The number of hydrogen-bond donors (Lipinski definition) is 1. The van der Waals surface area contributed by atoms with Gasteiger partial charge in [-0.2, -0.15) is 0 Å². The molecule has 0 aliphatic heterocycles. The Morgan fingerprint density at radius 1 is 1.21 bits per heavy atom. The minimum absolute atomic E-state index is 0.0469. The van der Waals surface area contributed by atoms with E-state index in [1.54, 1.807) is 0 Å². The molecule has 0 atom stereocenters. The molecule has 82 valence electrons. The van der Waals surface area contributed by atoms with Crippen LogP contribution in [0.4, 0.5) is 0 Å². The van der Waals surface area contributed by atoms with Gasteiger partial charge in [0.2, 0.25) is 0 Å². The molecule has 0 aromatic carbocycles. The lowest BCUT2D eigenvalue weighted by Gasteiger charge is -2.22. The Balaban J connectivity index is 4.01. The third-order valence-corrected chi connectivity index (χ3v) is 1.99. The molecule has 0 aromatic heterocycles. The van der Waals surface area contributed by atoms with Gasteiger partial charge >= 0.3 is 0 Å². The molecular formula is C11H22N2O. The number of hydrazine groups is 1. The molecule has 0 aliphatic carbocycles. The third kappa shape index (κ3) is 5.02. The van der Waals surface area contributed by atoms with Crippen molar-refractivity contribution in [1.29, 1.82) is 0 Å². The van der Waals surface area contributed by atoms with Crippen LogP contribution in [0.15, 0.2) is 12.2 Å². The minimum Gasteiger partial charge on any atom is -0.285 e. The van der Waals surface area contributed by atoms with Gasteiger partial charge in [-0.1, -0.05) is 27.4 Å². The average Bonchev–Trinajstić information content (AvgIpc) is 2.17. The molecule has 3 nitrogen and oxygen atoms in total. The van der Waals surface area contributed by atoms with Gasteiger partial charge in [-0.25, -0.2) is 5.01 Å². The van der Waals surface area contributed by atoms with Crippen LogP contribution in [-0.4, -0.2) is 24.0 Å². The first-order valence-electron chi connectivity index (χ1n) is 5.39. The molecule has 0 saturated carbocycles. The highest BCUT2D eigenvalue weighted by Gasteiger charge is 2.08. The smallest absolute Gasteiger partial charge is 0.260 e. The highest BCUT2D eigenvalue weighted by molar-refractivity contribution is 5.92. The number of rotatable bonds is 7. The highest BCUT2D eigenvalue weighted by atomic mass is 16.2. The minimum atomic E-state index is -0.0469. The van der Waals surface area contributed by atoms with Crippen molar-refractivity contribution in [1.82, 2.24) is 10.4 Å². The van der Waals surface area contributed by atoms with Crippen molar-refractivity contribution in [2.75, 3.05) is 13.1 Å². The lowest BCUT2D eigenvalue weighted by Crippen LogP contribution is -2.43. The first-order chi connectivity index (χ1) is 6.65. The average molecular weight is 198 g/mol. The molecule has 0 aromatic rings. The van der Waals surface area contributed by atoms with Crippen molar-refractivity contribution < 1.29 is 4.79 Å². The Labute approximate surface area is 87.1 Å². The number of carbonyl (C=O) groups excluding carboxylic acids is 1. The van der Waals surface area contributed by atoms with Gasteiger partial charge < -0.3 is 0 Å². The summed E-state index contributed by atoms with van der Waals surface area (Å²) in [6.45, 7) is 11.6. The van der Waals surface area contributed by atoms with E-state index in [1.807, 2.05) is 11.9 Å². The van der Waals surface area contributed by atoms with Crippen LogP contribution in [0.2, 0.25) is 0 Å². The molecule has 0 radical (unpaired) electrons. The number of carbonyl (C=O) groups is 1. The van der Waals surface area contributed by atoms with Crippen LogP contribution >= 0.6 is 0 Å². The fraction of sp³-hybridized carbons (Fsp3) is 0.727. The summed E-state index contributed by atoms with van der Waals surface area (Å²) in [5, 5.41) is 1.96. The summed E-state index contributed by atoms with van der Waals surface area (Å²) in [7, 11) is 0. The van der Waals surface area contributed by atoms with Crippen molar-refractivity contribution >= 4 is 5.91 Å². The first kappa shape index (κ1) is 13.2. The Morgan fingerprint density at radius 2 is 1.71 bits per heavy atom. The fourth-order valence-corrected chi connectivity index (χ4v) is 1.15. The monoisotopic (exact) mass is 198 g/mol.